The van der Waals surface area contributed by atoms with Gasteiger partial charge >= 0.3 is 0 Å². The second-order valence-corrected chi connectivity index (χ2v) is 4.89. The summed E-state index contributed by atoms with van der Waals surface area (Å²) in [7, 11) is 0. The molecule has 0 aliphatic heterocycles. The van der Waals surface area contributed by atoms with Crippen LogP contribution in [0.3, 0.4) is 0 Å². The number of nitrogens with one attached hydrogen (secondary N) is 2. The summed E-state index contributed by atoms with van der Waals surface area (Å²) in [4.78, 5) is 23.4. The van der Waals surface area contributed by atoms with Crippen LogP contribution in [0.4, 0.5) is 10.1 Å². The number of hydrogen-bond acceptors (Lipinski definition) is 3. The lowest BCUT2D eigenvalue weighted by atomic mass is 10.2. The van der Waals surface area contributed by atoms with Gasteiger partial charge in [0.2, 0.25) is 5.91 Å². The van der Waals surface area contributed by atoms with Crippen molar-refractivity contribution in [2.75, 3.05) is 18.5 Å². The molecule has 0 aliphatic carbocycles. The molecule has 0 heterocycles. The molecule has 23 heavy (non-hydrogen) atoms. The number of ether oxygens (including phenoxy) is 1. The summed E-state index contributed by atoms with van der Waals surface area (Å²) < 4.78 is 18.4. The van der Waals surface area contributed by atoms with Crippen molar-refractivity contribution in [3.8, 4) is 5.75 Å². The Hall–Kier alpha value is -2.89. The van der Waals surface area contributed by atoms with Crippen LogP contribution in [0, 0.1) is 12.7 Å². The third-order valence-corrected chi connectivity index (χ3v) is 3.03. The van der Waals surface area contributed by atoms with Gasteiger partial charge < -0.3 is 15.4 Å². The Morgan fingerprint density at radius 1 is 1.09 bits per heavy atom. The highest BCUT2D eigenvalue weighted by atomic mass is 19.1. The Bertz CT molecular complexity index is 689. The zero-order chi connectivity index (χ0) is 16.7. The van der Waals surface area contributed by atoms with Crippen molar-refractivity contribution in [1.82, 2.24) is 5.32 Å². The summed E-state index contributed by atoms with van der Waals surface area (Å²) >= 11 is 0. The zero-order valence-electron chi connectivity index (χ0n) is 12.6. The fourth-order valence-corrected chi connectivity index (χ4v) is 1.82. The van der Waals surface area contributed by atoms with Gasteiger partial charge in [0.05, 0.1) is 6.54 Å². The van der Waals surface area contributed by atoms with Gasteiger partial charge in [-0.25, -0.2) is 4.39 Å². The lowest BCUT2D eigenvalue weighted by Gasteiger charge is -2.10. The molecule has 2 amide bonds. The van der Waals surface area contributed by atoms with Crippen molar-refractivity contribution in [2.24, 2.45) is 0 Å². The van der Waals surface area contributed by atoms with Crippen LogP contribution in [-0.2, 0) is 9.59 Å². The molecule has 0 bridgehead atoms. The molecule has 0 saturated heterocycles. The van der Waals surface area contributed by atoms with E-state index < -0.39 is 17.6 Å². The van der Waals surface area contributed by atoms with Gasteiger partial charge in [-0.1, -0.05) is 24.3 Å². The molecular formula is C17H17FN2O3. The summed E-state index contributed by atoms with van der Waals surface area (Å²) in [6.07, 6.45) is 0. The first kappa shape index (κ1) is 16.5. The van der Waals surface area contributed by atoms with Gasteiger partial charge in [-0.2, -0.15) is 0 Å². The summed E-state index contributed by atoms with van der Waals surface area (Å²) in [5.74, 6) is -0.722. The quantitative estimate of drug-likeness (QED) is 0.859. The molecule has 0 radical (unpaired) electrons. The number of carbonyl (C=O) groups is 2. The molecule has 2 aromatic rings. The van der Waals surface area contributed by atoms with Crippen LogP contribution in [0.15, 0.2) is 48.5 Å². The van der Waals surface area contributed by atoms with E-state index in [4.69, 9.17) is 4.74 Å². The van der Waals surface area contributed by atoms with Crippen LogP contribution in [0.1, 0.15) is 5.56 Å². The van der Waals surface area contributed by atoms with Crippen molar-refractivity contribution in [1.29, 1.82) is 0 Å². The highest BCUT2D eigenvalue weighted by molar-refractivity contribution is 5.95. The highest BCUT2D eigenvalue weighted by Gasteiger charge is 2.08. The molecule has 0 fully saturated rings. The van der Waals surface area contributed by atoms with Gasteiger partial charge in [0.25, 0.3) is 5.91 Å². The monoisotopic (exact) mass is 316 g/mol. The first-order valence-electron chi connectivity index (χ1n) is 7.05. The van der Waals surface area contributed by atoms with E-state index in [-0.39, 0.29) is 13.2 Å². The molecule has 0 unspecified atom stereocenters. The summed E-state index contributed by atoms with van der Waals surface area (Å²) in [5.41, 5.74) is 1.11. The smallest absolute Gasteiger partial charge is 0.258 e. The zero-order valence-corrected chi connectivity index (χ0v) is 12.6. The Kier molecular flexibility index (Phi) is 5.68. The van der Waals surface area contributed by atoms with Crippen molar-refractivity contribution < 1.29 is 18.7 Å². The minimum absolute atomic E-state index is 0.184. The van der Waals surface area contributed by atoms with Crippen molar-refractivity contribution >= 4 is 17.5 Å². The third-order valence-electron chi connectivity index (χ3n) is 3.03. The Labute approximate surface area is 133 Å². The van der Waals surface area contributed by atoms with Gasteiger partial charge in [0.1, 0.15) is 11.6 Å². The Balaban J connectivity index is 1.75. The van der Waals surface area contributed by atoms with Crippen molar-refractivity contribution in [3.05, 3.63) is 59.9 Å². The van der Waals surface area contributed by atoms with Gasteiger partial charge in [0, 0.05) is 5.69 Å². The Morgan fingerprint density at radius 2 is 1.83 bits per heavy atom. The molecule has 6 heteroatoms. The topological polar surface area (TPSA) is 67.4 Å². The number of amides is 2. The number of carbonyl (C=O) groups excluding carboxylic acids is 2. The average molecular weight is 316 g/mol. The minimum Gasteiger partial charge on any atom is -0.484 e. The highest BCUT2D eigenvalue weighted by Crippen LogP contribution is 2.15. The number of aryl methyl sites for hydroxylation is 1. The Morgan fingerprint density at radius 3 is 2.57 bits per heavy atom. The molecule has 0 saturated carbocycles. The standard InChI is InChI=1S/C17H17FN2O3/c1-12-7-8-13(18)9-15(12)20-16(21)10-19-17(22)11-23-14-5-3-2-4-6-14/h2-9H,10-11H2,1H3,(H,19,22)(H,20,21). The largest absolute Gasteiger partial charge is 0.484 e. The molecule has 0 aromatic heterocycles. The van der Waals surface area contributed by atoms with Crippen LogP contribution < -0.4 is 15.4 Å². The van der Waals surface area contributed by atoms with Gasteiger partial charge in [-0.05, 0) is 36.8 Å². The molecule has 2 rings (SSSR count). The minimum atomic E-state index is -0.439. The van der Waals surface area contributed by atoms with E-state index in [0.717, 1.165) is 5.56 Å². The maximum absolute atomic E-state index is 13.1. The predicted octanol–water partition coefficient (Wildman–Crippen LogP) is 2.27. The van der Waals surface area contributed by atoms with E-state index in [1.807, 2.05) is 6.07 Å². The second kappa shape index (κ2) is 7.93. The van der Waals surface area contributed by atoms with E-state index in [1.54, 1.807) is 37.3 Å². The maximum Gasteiger partial charge on any atom is 0.258 e. The van der Waals surface area contributed by atoms with Crippen LogP contribution in [0.25, 0.3) is 0 Å². The van der Waals surface area contributed by atoms with E-state index in [2.05, 4.69) is 10.6 Å². The van der Waals surface area contributed by atoms with Gasteiger partial charge in [-0.15, -0.1) is 0 Å². The molecule has 2 aromatic carbocycles. The molecule has 0 aliphatic rings. The van der Waals surface area contributed by atoms with Gasteiger partial charge in [0.15, 0.2) is 6.61 Å². The molecule has 0 atom stereocenters. The molecule has 120 valence electrons. The van der Waals surface area contributed by atoms with Gasteiger partial charge in [-0.3, -0.25) is 9.59 Å². The predicted molar refractivity (Wildman–Crippen MR) is 84.7 cm³/mol. The third kappa shape index (κ3) is 5.43. The number of anilines is 1. The van der Waals surface area contributed by atoms with E-state index in [9.17, 15) is 14.0 Å². The van der Waals surface area contributed by atoms with Crippen LogP contribution in [0.5, 0.6) is 5.75 Å². The normalized spacial score (nSPS) is 10.0. The number of halogens is 1. The summed E-state index contributed by atoms with van der Waals surface area (Å²) in [6, 6.07) is 13.0. The first-order chi connectivity index (χ1) is 11.0. The van der Waals surface area contributed by atoms with E-state index >= 15 is 0 Å². The maximum atomic E-state index is 13.1. The van der Waals surface area contributed by atoms with Crippen LogP contribution in [-0.4, -0.2) is 25.0 Å². The summed E-state index contributed by atoms with van der Waals surface area (Å²) in [5, 5.41) is 4.98. The second-order valence-electron chi connectivity index (χ2n) is 4.89. The SMILES string of the molecule is Cc1ccc(F)cc1NC(=O)CNC(=O)COc1ccccc1. The fourth-order valence-electron chi connectivity index (χ4n) is 1.82. The first-order valence-corrected chi connectivity index (χ1v) is 7.05. The lowest BCUT2D eigenvalue weighted by Crippen LogP contribution is -2.35. The van der Waals surface area contributed by atoms with E-state index in [1.165, 1.54) is 12.1 Å². The number of rotatable bonds is 6. The number of benzene rings is 2. The fraction of sp³-hybridized carbons (Fsp3) is 0.176. The molecule has 5 nitrogen and oxygen atoms in total. The van der Waals surface area contributed by atoms with Crippen LogP contribution >= 0.6 is 0 Å². The summed E-state index contributed by atoms with van der Waals surface area (Å²) in [6.45, 7) is 1.35. The van der Waals surface area contributed by atoms with E-state index in [0.29, 0.717) is 11.4 Å². The average Bonchev–Trinajstić information content (AvgIpc) is 2.55. The molecular weight excluding hydrogens is 299 g/mol. The lowest BCUT2D eigenvalue weighted by molar-refractivity contribution is -0.125. The number of hydrogen-bond donors (Lipinski definition) is 2. The van der Waals surface area contributed by atoms with Crippen molar-refractivity contribution in [3.63, 3.8) is 0 Å². The molecule has 2 N–H and O–H groups in total. The molecule has 0 spiro atoms. The van der Waals surface area contributed by atoms with Crippen molar-refractivity contribution in [2.45, 2.75) is 6.92 Å². The number of para-hydroxylation sites is 1. The van der Waals surface area contributed by atoms with Crippen LogP contribution in [0.2, 0.25) is 0 Å².